The average molecular weight is 318 g/mol. The molecule has 3 atom stereocenters. The quantitative estimate of drug-likeness (QED) is 0.850. The van der Waals surface area contributed by atoms with Gasteiger partial charge in [-0.1, -0.05) is 30.3 Å². The second-order valence-electron chi connectivity index (χ2n) is 5.32. The summed E-state index contributed by atoms with van der Waals surface area (Å²) in [6.07, 6.45) is -0.307. The highest BCUT2D eigenvalue weighted by Gasteiger charge is 2.59. The lowest BCUT2D eigenvalue weighted by Crippen LogP contribution is -2.12. The van der Waals surface area contributed by atoms with Crippen molar-refractivity contribution >= 4 is 9.84 Å². The minimum Gasteiger partial charge on any atom is -0.497 e. The molecular formula is C17H18O4S. The number of sulfone groups is 1. The number of hydrogen-bond acceptors (Lipinski definition) is 4. The molecule has 0 saturated heterocycles. The second kappa shape index (κ2) is 5.74. The Kier molecular flexibility index (Phi) is 3.93. The number of ether oxygens (including phenoxy) is 2. The lowest BCUT2D eigenvalue weighted by Gasteiger charge is -2.04. The minimum absolute atomic E-state index is 0.138. The normalized spacial score (nSPS) is 24.0. The van der Waals surface area contributed by atoms with E-state index < -0.39 is 15.1 Å². The van der Waals surface area contributed by atoms with E-state index in [2.05, 4.69) is 0 Å². The Morgan fingerprint density at radius 1 is 0.909 bits per heavy atom. The van der Waals surface area contributed by atoms with Crippen LogP contribution in [0.3, 0.4) is 0 Å². The van der Waals surface area contributed by atoms with Crippen molar-refractivity contribution in [3.8, 4) is 5.75 Å². The summed E-state index contributed by atoms with van der Waals surface area (Å²) in [6, 6.07) is 16.0. The van der Waals surface area contributed by atoms with Gasteiger partial charge in [-0.2, -0.15) is 0 Å². The number of benzene rings is 2. The molecule has 1 saturated carbocycles. The summed E-state index contributed by atoms with van der Waals surface area (Å²) < 4.78 is 36.1. The van der Waals surface area contributed by atoms with Gasteiger partial charge in [0.2, 0.25) is 0 Å². The lowest BCUT2D eigenvalue weighted by molar-refractivity contribution is 0.178. The van der Waals surface area contributed by atoms with Crippen molar-refractivity contribution in [3.63, 3.8) is 0 Å². The van der Waals surface area contributed by atoms with E-state index in [1.165, 1.54) is 0 Å². The van der Waals surface area contributed by atoms with Gasteiger partial charge in [-0.15, -0.1) is 0 Å². The Hall–Kier alpha value is -1.85. The third kappa shape index (κ3) is 2.51. The van der Waals surface area contributed by atoms with Gasteiger partial charge in [-0.05, 0) is 29.8 Å². The van der Waals surface area contributed by atoms with Gasteiger partial charge in [0.05, 0.1) is 18.1 Å². The molecule has 0 spiro atoms. The standard InChI is InChI=1S/C17H18O4S/c1-20-13-10-8-12(9-11-13)15-16(21-2)17(15)22(18,19)14-6-4-3-5-7-14/h3-11,15-17H,1-2H3/t15-,16-,17+/m1/s1. The molecule has 1 aliphatic carbocycles. The van der Waals surface area contributed by atoms with E-state index in [0.29, 0.717) is 4.90 Å². The summed E-state index contributed by atoms with van der Waals surface area (Å²) in [6.45, 7) is 0. The molecule has 0 aromatic heterocycles. The second-order valence-corrected chi connectivity index (χ2v) is 7.43. The highest BCUT2D eigenvalue weighted by atomic mass is 32.2. The van der Waals surface area contributed by atoms with Crippen LogP contribution in [0.5, 0.6) is 5.75 Å². The van der Waals surface area contributed by atoms with Crippen molar-refractivity contribution in [1.82, 2.24) is 0 Å². The molecule has 0 radical (unpaired) electrons. The first kappa shape index (κ1) is 15.1. The Morgan fingerprint density at radius 3 is 2.09 bits per heavy atom. The van der Waals surface area contributed by atoms with Crippen LogP contribution >= 0.6 is 0 Å². The maximum atomic E-state index is 12.8. The minimum atomic E-state index is -3.40. The first-order chi connectivity index (χ1) is 10.6. The Bertz CT molecular complexity index is 738. The van der Waals surface area contributed by atoms with E-state index in [1.807, 2.05) is 24.3 Å². The van der Waals surface area contributed by atoms with Crippen molar-refractivity contribution in [2.45, 2.75) is 22.2 Å². The molecule has 0 bridgehead atoms. The van der Waals surface area contributed by atoms with Gasteiger partial charge in [-0.3, -0.25) is 0 Å². The van der Waals surface area contributed by atoms with Gasteiger partial charge >= 0.3 is 0 Å². The van der Waals surface area contributed by atoms with Gasteiger partial charge in [0.25, 0.3) is 0 Å². The van der Waals surface area contributed by atoms with E-state index in [4.69, 9.17) is 9.47 Å². The van der Waals surface area contributed by atoms with E-state index in [9.17, 15) is 8.42 Å². The van der Waals surface area contributed by atoms with Crippen LogP contribution in [0, 0.1) is 0 Å². The summed E-state index contributed by atoms with van der Waals surface area (Å²) in [5.74, 6) is 0.613. The molecule has 0 amide bonds. The van der Waals surface area contributed by atoms with Crippen LogP contribution in [-0.4, -0.2) is 34.0 Å². The number of rotatable bonds is 5. The first-order valence-electron chi connectivity index (χ1n) is 7.05. The van der Waals surface area contributed by atoms with Crippen LogP contribution in [-0.2, 0) is 14.6 Å². The first-order valence-corrected chi connectivity index (χ1v) is 8.60. The third-order valence-electron chi connectivity index (χ3n) is 4.09. The van der Waals surface area contributed by atoms with Crippen molar-refractivity contribution in [2.24, 2.45) is 0 Å². The van der Waals surface area contributed by atoms with Crippen LogP contribution in [0.1, 0.15) is 11.5 Å². The van der Waals surface area contributed by atoms with Crippen LogP contribution in [0.15, 0.2) is 59.5 Å². The van der Waals surface area contributed by atoms with E-state index in [0.717, 1.165) is 11.3 Å². The Labute approximate surface area is 130 Å². The molecule has 0 N–H and O–H groups in total. The molecule has 2 aromatic rings. The highest BCUT2D eigenvalue weighted by molar-refractivity contribution is 7.92. The van der Waals surface area contributed by atoms with Crippen LogP contribution in [0.2, 0.25) is 0 Å². The predicted octanol–water partition coefficient (Wildman–Crippen LogP) is 2.65. The monoisotopic (exact) mass is 318 g/mol. The van der Waals surface area contributed by atoms with E-state index >= 15 is 0 Å². The third-order valence-corrected chi connectivity index (χ3v) is 6.30. The van der Waals surface area contributed by atoms with E-state index in [-0.39, 0.29) is 12.0 Å². The SMILES string of the molecule is COc1ccc([C@@H]2[C@@H](OC)[C@H]2S(=O)(=O)c2ccccc2)cc1. The van der Waals surface area contributed by atoms with Gasteiger partial charge < -0.3 is 9.47 Å². The molecule has 0 aliphatic heterocycles. The zero-order valence-corrected chi connectivity index (χ0v) is 13.3. The van der Waals surface area contributed by atoms with Crippen LogP contribution in [0.4, 0.5) is 0 Å². The van der Waals surface area contributed by atoms with Crippen LogP contribution in [0.25, 0.3) is 0 Å². The number of hydrogen-bond donors (Lipinski definition) is 0. The Morgan fingerprint density at radius 2 is 1.55 bits per heavy atom. The molecule has 0 heterocycles. The van der Waals surface area contributed by atoms with Gasteiger partial charge in [0.1, 0.15) is 11.0 Å². The molecule has 2 aromatic carbocycles. The molecule has 0 unspecified atom stereocenters. The fourth-order valence-corrected chi connectivity index (χ4v) is 4.97. The van der Waals surface area contributed by atoms with Crippen LogP contribution < -0.4 is 4.74 Å². The fourth-order valence-electron chi connectivity index (χ4n) is 2.88. The molecule has 3 rings (SSSR count). The lowest BCUT2D eigenvalue weighted by atomic mass is 10.1. The van der Waals surface area contributed by atoms with Crippen molar-refractivity contribution < 1.29 is 17.9 Å². The maximum Gasteiger partial charge on any atom is 0.184 e. The maximum absolute atomic E-state index is 12.8. The van der Waals surface area contributed by atoms with E-state index in [1.54, 1.807) is 44.6 Å². The fraction of sp³-hybridized carbons (Fsp3) is 0.294. The predicted molar refractivity (Wildman–Crippen MR) is 83.9 cm³/mol. The zero-order valence-electron chi connectivity index (χ0n) is 12.5. The van der Waals surface area contributed by atoms with Gasteiger partial charge in [0, 0.05) is 13.0 Å². The largest absolute Gasteiger partial charge is 0.497 e. The Balaban J connectivity index is 1.91. The molecule has 1 aliphatic rings. The van der Waals surface area contributed by atoms with Gasteiger partial charge in [-0.25, -0.2) is 8.42 Å². The highest BCUT2D eigenvalue weighted by Crippen LogP contribution is 2.50. The summed E-state index contributed by atoms with van der Waals surface area (Å²) in [5.41, 5.74) is 0.956. The van der Waals surface area contributed by atoms with Crippen molar-refractivity contribution in [2.75, 3.05) is 14.2 Å². The van der Waals surface area contributed by atoms with Crippen molar-refractivity contribution in [1.29, 1.82) is 0 Å². The summed E-state index contributed by atoms with van der Waals surface area (Å²) in [7, 11) is -0.235. The number of methoxy groups -OCH3 is 2. The van der Waals surface area contributed by atoms with Crippen molar-refractivity contribution in [3.05, 3.63) is 60.2 Å². The molecule has 22 heavy (non-hydrogen) atoms. The zero-order chi connectivity index (χ0) is 15.7. The average Bonchev–Trinajstić information content (AvgIpc) is 3.31. The van der Waals surface area contributed by atoms with Gasteiger partial charge in [0.15, 0.2) is 9.84 Å². The molecular weight excluding hydrogens is 300 g/mol. The smallest absolute Gasteiger partial charge is 0.184 e. The molecule has 116 valence electrons. The summed E-state index contributed by atoms with van der Waals surface area (Å²) >= 11 is 0. The topological polar surface area (TPSA) is 52.6 Å². The molecule has 1 fully saturated rings. The summed E-state index contributed by atoms with van der Waals surface area (Å²) in [5, 5.41) is -0.534. The molecule has 5 heteroatoms. The summed E-state index contributed by atoms with van der Waals surface area (Å²) in [4.78, 5) is 0.345. The molecule has 4 nitrogen and oxygen atoms in total.